The molecule has 3 heterocycles. The summed E-state index contributed by atoms with van der Waals surface area (Å²) in [4.78, 5) is 20.6. The van der Waals surface area contributed by atoms with Crippen molar-refractivity contribution < 1.29 is 18.7 Å². The Morgan fingerprint density at radius 1 is 1.18 bits per heavy atom. The number of methoxy groups -OCH3 is 1. The minimum absolute atomic E-state index is 0.298. The molecule has 1 aromatic carbocycles. The zero-order valence-electron chi connectivity index (χ0n) is 15.0. The van der Waals surface area contributed by atoms with E-state index in [1.165, 1.54) is 25.4 Å². The fraction of sp³-hybridized carbons (Fsp3) is 0.105. The molecule has 1 aliphatic heterocycles. The lowest BCUT2D eigenvalue weighted by Gasteiger charge is -2.26. The SMILES string of the molecule is CNC(=O)c1cnc(Nc2ccc(F)cn2)c2c1Nc1c(OC)cccc1O2. The maximum absolute atomic E-state index is 13.1. The number of amides is 1. The fourth-order valence-electron chi connectivity index (χ4n) is 2.81. The van der Waals surface area contributed by atoms with Crippen LogP contribution in [0.2, 0.25) is 0 Å². The molecule has 1 amide bonds. The number of benzene rings is 1. The quantitative estimate of drug-likeness (QED) is 0.497. The standard InChI is InChI=1S/C19H16FN5O3/c1-21-19(26)11-9-23-18(24-14-7-6-10(20)8-22-14)17-15(11)25-16-12(27-2)4-3-5-13(16)28-17/h3-9,25H,1-2H3,(H,21,26)(H,22,23,24). The van der Waals surface area contributed by atoms with Crippen LogP contribution >= 0.6 is 0 Å². The van der Waals surface area contributed by atoms with Crippen LogP contribution in [0.5, 0.6) is 17.2 Å². The van der Waals surface area contributed by atoms with E-state index in [-0.39, 0.29) is 5.91 Å². The van der Waals surface area contributed by atoms with Gasteiger partial charge in [0, 0.05) is 13.2 Å². The average molecular weight is 381 g/mol. The second-order valence-corrected chi connectivity index (χ2v) is 5.85. The van der Waals surface area contributed by atoms with Gasteiger partial charge in [0.05, 0.1) is 18.9 Å². The first-order valence-corrected chi connectivity index (χ1v) is 8.36. The van der Waals surface area contributed by atoms with Crippen molar-refractivity contribution in [3.8, 4) is 17.2 Å². The molecule has 2 aromatic heterocycles. The van der Waals surface area contributed by atoms with E-state index in [1.54, 1.807) is 25.3 Å². The number of hydrogen-bond donors (Lipinski definition) is 3. The zero-order chi connectivity index (χ0) is 19.7. The van der Waals surface area contributed by atoms with Crippen LogP contribution in [-0.2, 0) is 0 Å². The highest BCUT2D eigenvalue weighted by Gasteiger charge is 2.28. The number of para-hydroxylation sites is 1. The Morgan fingerprint density at radius 3 is 2.75 bits per heavy atom. The lowest BCUT2D eigenvalue weighted by atomic mass is 10.1. The van der Waals surface area contributed by atoms with Crippen molar-refractivity contribution in [3.63, 3.8) is 0 Å². The number of nitrogens with one attached hydrogen (secondary N) is 3. The summed E-state index contributed by atoms with van der Waals surface area (Å²) in [6.45, 7) is 0. The Morgan fingerprint density at radius 2 is 2.04 bits per heavy atom. The Balaban J connectivity index is 1.81. The number of halogens is 1. The minimum atomic E-state index is -0.450. The van der Waals surface area contributed by atoms with Crippen molar-refractivity contribution in [1.82, 2.24) is 15.3 Å². The third-order valence-corrected chi connectivity index (χ3v) is 4.15. The van der Waals surface area contributed by atoms with Crippen molar-refractivity contribution >= 4 is 28.9 Å². The summed E-state index contributed by atoms with van der Waals surface area (Å²) in [5.74, 6) is 1.31. The molecule has 0 bridgehead atoms. The molecular weight excluding hydrogens is 365 g/mol. The lowest BCUT2D eigenvalue weighted by Crippen LogP contribution is -2.21. The molecule has 0 saturated carbocycles. The Kier molecular flexibility index (Phi) is 4.40. The van der Waals surface area contributed by atoms with Gasteiger partial charge >= 0.3 is 0 Å². The number of aromatic nitrogens is 2. The Hall–Kier alpha value is -3.88. The van der Waals surface area contributed by atoms with Crippen LogP contribution in [0.1, 0.15) is 10.4 Å². The number of anilines is 4. The molecule has 8 nitrogen and oxygen atoms in total. The number of fused-ring (bicyclic) bond motifs is 2. The highest BCUT2D eigenvalue weighted by Crippen LogP contribution is 2.50. The number of rotatable bonds is 4. The van der Waals surface area contributed by atoms with Gasteiger partial charge in [-0.2, -0.15) is 0 Å². The minimum Gasteiger partial charge on any atom is -0.494 e. The maximum atomic E-state index is 13.1. The molecule has 0 fully saturated rings. The summed E-state index contributed by atoms with van der Waals surface area (Å²) in [5.41, 5.74) is 1.32. The van der Waals surface area contributed by atoms with Crippen molar-refractivity contribution in [1.29, 1.82) is 0 Å². The van der Waals surface area contributed by atoms with Gasteiger partial charge in [-0.05, 0) is 24.3 Å². The number of pyridine rings is 2. The van der Waals surface area contributed by atoms with E-state index in [4.69, 9.17) is 9.47 Å². The summed E-state index contributed by atoms with van der Waals surface area (Å²) in [7, 11) is 3.08. The molecule has 4 rings (SSSR count). The molecule has 0 aliphatic carbocycles. The van der Waals surface area contributed by atoms with Crippen molar-refractivity contribution in [3.05, 3.63) is 54.1 Å². The summed E-state index contributed by atoms with van der Waals surface area (Å²) in [6, 6.07) is 8.08. The number of carbonyl (C=O) groups excluding carboxylic acids is 1. The number of nitrogens with zero attached hydrogens (tertiary/aromatic N) is 2. The Bertz CT molecular complexity index is 1060. The normalized spacial score (nSPS) is 11.4. The average Bonchev–Trinajstić information content (AvgIpc) is 2.73. The molecular formula is C19H16FN5O3. The van der Waals surface area contributed by atoms with Crippen LogP contribution in [0.15, 0.2) is 42.7 Å². The second-order valence-electron chi connectivity index (χ2n) is 5.85. The molecule has 142 valence electrons. The molecule has 1 aliphatic rings. The van der Waals surface area contributed by atoms with Crippen molar-refractivity contribution in [2.45, 2.75) is 0 Å². The predicted molar refractivity (Wildman–Crippen MR) is 101 cm³/mol. The molecule has 0 unspecified atom stereocenters. The highest BCUT2D eigenvalue weighted by molar-refractivity contribution is 6.03. The zero-order valence-corrected chi connectivity index (χ0v) is 15.0. The maximum Gasteiger partial charge on any atom is 0.254 e. The van der Waals surface area contributed by atoms with Gasteiger partial charge in [-0.1, -0.05) is 6.07 Å². The van der Waals surface area contributed by atoms with E-state index >= 15 is 0 Å². The van der Waals surface area contributed by atoms with Crippen LogP contribution in [-0.4, -0.2) is 30.0 Å². The van der Waals surface area contributed by atoms with Gasteiger partial charge in [0.1, 0.15) is 28.8 Å². The van der Waals surface area contributed by atoms with Crippen molar-refractivity contribution in [2.24, 2.45) is 0 Å². The van der Waals surface area contributed by atoms with E-state index < -0.39 is 5.82 Å². The largest absolute Gasteiger partial charge is 0.494 e. The fourth-order valence-corrected chi connectivity index (χ4v) is 2.81. The smallest absolute Gasteiger partial charge is 0.254 e. The number of ether oxygens (including phenoxy) is 2. The lowest BCUT2D eigenvalue weighted by molar-refractivity contribution is 0.0963. The van der Waals surface area contributed by atoms with Gasteiger partial charge in [0.15, 0.2) is 17.3 Å². The van der Waals surface area contributed by atoms with Gasteiger partial charge < -0.3 is 25.4 Å². The van der Waals surface area contributed by atoms with Crippen molar-refractivity contribution in [2.75, 3.05) is 24.8 Å². The number of carbonyl (C=O) groups is 1. The van der Waals surface area contributed by atoms with E-state index in [2.05, 4.69) is 25.9 Å². The van der Waals surface area contributed by atoms with Crippen LogP contribution in [0.3, 0.4) is 0 Å². The van der Waals surface area contributed by atoms with Gasteiger partial charge in [-0.15, -0.1) is 0 Å². The third-order valence-electron chi connectivity index (χ3n) is 4.15. The van der Waals surface area contributed by atoms with Gasteiger partial charge in [-0.3, -0.25) is 4.79 Å². The van der Waals surface area contributed by atoms with Crippen LogP contribution in [0.25, 0.3) is 0 Å². The molecule has 0 radical (unpaired) electrons. The second kappa shape index (κ2) is 7.03. The highest BCUT2D eigenvalue weighted by atomic mass is 19.1. The Labute approximate surface area is 159 Å². The van der Waals surface area contributed by atoms with E-state index in [1.807, 2.05) is 0 Å². The predicted octanol–water partition coefficient (Wildman–Crippen LogP) is 3.58. The topological polar surface area (TPSA) is 97.4 Å². The number of hydrogen-bond acceptors (Lipinski definition) is 7. The van der Waals surface area contributed by atoms with Crippen LogP contribution in [0.4, 0.5) is 27.4 Å². The van der Waals surface area contributed by atoms with E-state index in [0.29, 0.717) is 45.8 Å². The van der Waals surface area contributed by atoms with E-state index in [0.717, 1.165) is 6.20 Å². The van der Waals surface area contributed by atoms with Gasteiger partial charge in [0.2, 0.25) is 0 Å². The van der Waals surface area contributed by atoms with Crippen LogP contribution in [0, 0.1) is 5.82 Å². The summed E-state index contributed by atoms with van der Waals surface area (Å²) >= 11 is 0. The molecule has 0 spiro atoms. The summed E-state index contributed by atoms with van der Waals surface area (Å²) in [5, 5.41) is 8.77. The molecule has 9 heteroatoms. The van der Waals surface area contributed by atoms with Gasteiger partial charge in [-0.25, -0.2) is 14.4 Å². The van der Waals surface area contributed by atoms with Gasteiger partial charge in [0.25, 0.3) is 5.91 Å². The molecule has 28 heavy (non-hydrogen) atoms. The monoisotopic (exact) mass is 381 g/mol. The molecule has 3 aromatic rings. The molecule has 0 atom stereocenters. The third kappa shape index (κ3) is 3.02. The summed E-state index contributed by atoms with van der Waals surface area (Å²) in [6.07, 6.45) is 2.51. The molecule has 0 saturated heterocycles. The first-order valence-electron chi connectivity index (χ1n) is 8.36. The van der Waals surface area contributed by atoms with Crippen LogP contribution < -0.4 is 25.4 Å². The molecule has 3 N–H and O–H groups in total. The first kappa shape index (κ1) is 17.5. The van der Waals surface area contributed by atoms with E-state index in [9.17, 15) is 9.18 Å². The summed E-state index contributed by atoms with van der Waals surface area (Å²) < 4.78 is 24.5. The first-order chi connectivity index (χ1) is 13.6.